The fourth-order valence-electron chi connectivity index (χ4n) is 2.59. The van der Waals surface area contributed by atoms with Gasteiger partial charge in [0.15, 0.2) is 11.6 Å². The van der Waals surface area contributed by atoms with Crippen LogP contribution >= 0.6 is 0 Å². The molecule has 0 aliphatic carbocycles. The molecule has 0 bridgehead atoms. The van der Waals surface area contributed by atoms with Crippen LogP contribution in [0.25, 0.3) is 6.08 Å². The fraction of sp³-hybridized carbons (Fsp3) is 0.438. The van der Waals surface area contributed by atoms with Gasteiger partial charge in [-0.2, -0.15) is 0 Å². The molecule has 1 fully saturated rings. The predicted molar refractivity (Wildman–Crippen MR) is 80.4 cm³/mol. The third kappa shape index (κ3) is 3.82. The lowest BCUT2D eigenvalue weighted by atomic mass is 9.99. The molecule has 21 heavy (non-hydrogen) atoms. The van der Waals surface area contributed by atoms with E-state index in [0.29, 0.717) is 12.1 Å². The Bertz CT molecular complexity index is 545. The Morgan fingerprint density at radius 1 is 1.52 bits per heavy atom. The van der Waals surface area contributed by atoms with Gasteiger partial charge in [-0.3, -0.25) is 4.79 Å². The third-order valence-electron chi connectivity index (χ3n) is 3.79. The number of nitrogens with two attached hydrogens (primary N) is 1. The highest BCUT2D eigenvalue weighted by atomic mass is 19.1. The van der Waals surface area contributed by atoms with E-state index in [1.807, 2.05) is 6.92 Å². The van der Waals surface area contributed by atoms with Crippen molar-refractivity contribution >= 4 is 12.0 Å². The Balaban J connectivity index is 2.03. The minimum atomic E-state index is -0.440. The minimum absolute atomic E-state index is 0.0642. The predicted octanol–water partition coefficient (Wildman–Crippen LogP) is 2.19. The summed E-state index contributed by atoms with van der Waals surface area (Å²) in [6.07, 6.45) is 4.73. The largest absolute Gasteiger partial charge is 0.494 e. The first-order valence-corrected chi connectivity index (χ1v) is 7.09. The summed E-state index contributed by atoms with van der Waals surface area (Å²) in [5, 5.41) is 0. The summed E-state index contributed by atoms with van der Waals surface area (Å²) in [4.78, 5) is 14.0. The van der Waals surface area contributed by atoms with Crippen LogP contribution in [0, 0.1) is 5.82 Å². The lowest BCUT2D eigenvalue weighted by Gasteiger charge is -2.35. The molecule has 1 aromatic carbocycles. The SMILES string of the molecule is COc1ccc(C=CC(=O)N2CCC(N)CC2C)cc1F. The summed E-state index contributed by atoms with van der Waals surface area (Å²) < 4.78 is 18.4. The van der Waals surface area contributed by atoms with Crippen molar-refractivity contribution in [3.05, 3.63) is 35.7 Å². The van der Waals surface area contributed by atoms with Crippen molar-refractivity contribution < 1.29 is 13.9 Å². The number of benzene rings is 1. The highest BCUT2D eigenvalue weighted by Gasteiger charge is 2.25. The molecule has 1 aliphatic heterocycles. The number of halogens is 1. The number of likely N-dealkylation sites (tertiary alicyclic amines) is 1. The first-order valence-electron chi connectivity index (χ1n) is 7.09. The summed E-state index contributed by atoms with van der Waals surface area (Å²) >= 11 is 0. The lowest BCUT2D eigenvalue weighted by molar-refractivity contribution is -0.129. The quantitative estimate of drug-likeness (QED) is 0.869. The molecule has 1 heterocycles. The molecule has 0 radical (unpaired) electrons. The fourth-order valence-corrected chi connectivity index (χ4v) is 2.59. The zero-order valence-corrected chi connectivity index (χ0v) is 12.4. The number of methoxy groups -OCH3 is 1. The Kier molecular flexibility index (Phi) is 4.96. The maximum Gasteiger partial charge on any atom is 0.246 e. The third-order valence-corrected chi connectivity index (χ3v) is 3.79. The zero-order valence-electron chi connectivity index (χ0n) is 12.4. The van der Waals surface area contributed by atoms with Crippen LogP contribution in [0.3, 0.4) is 0 Å². The molecule has 2 N–H and O–H groups in total. The minimum Gasteiger partial charge on any atom is -0.494 e. The van der Waals surface area contributed by atoms with Crippen LogP contribution in [0.5, 0.6) is 5.75 Å². The zero-order chi connectivity index (χ0) is 15.4. The first kappa shape index (κ1) is 15.5. The van der Waals surface area contributed by atoms with Crippen molar-refractivity contribution in [2.75, 3.05) is 13.7 Å². The smallest absolute Gasteiger partial charge is 0.246 e. The summed E-state index contributed by atoms with van der Waals surface area (Å²) in [5.41, 5.74) is 6.51. The van der Waals surface area contributed by atoms with E-state index in [4.69, 9.17) is 10.5 Å². The summed E-state index contributed by atoms with van der Waals surface area (Å²) in [5.74, 6) is -0.313. The average Bonchev–Trinajstić information content (AvgIpc) is 2.45. The van der Waals surface area contributed by atoms with Crippen LogP contribution in [0.2, 0.25) is 0 Å². The van der Waals surface area contributed by atoms with Crippen LogP contribution in [0.15, 0.2) is 24.3 Å². The standard InChI is InChI=1S/C16H21FN2O2/c1-11-9-13(18)7-8-19(11)16(20)6-4-12-3-5-15(21-2)14(17)10-12/h3-6,10-11,13H,7-9,18H2,1-2H3. The van der Waals surface area contributed by atoms with Crippen LogP contribution in [0.1, 0.15) is 25.3 Å². The molecule has 2 rings (SSSR count). The van der Waals surface area contributed by atoms with Gasteiger partial charge in [0, 0.05) is 24.7 Å². The highest BCUT2D eigenvalue weighted by Crippen LogP contribution is 2.19. The van der Waals surface area contributed by atoms with Gasteiger partial charge in [0.05, 0.1) is 7.11 Å². The maximum absolute atomic E-state index is 13.6. The Morgan fingerprint density at radius 3 is 2.90 bits per heavy atom. The van der Waals surface area contributed by atoms with E-state index in [9.17, 15) is 9.18 Å². The number of nitrogens with zero attached hydrogens (tertiary/aromatic N) is 1. The van der Waals surface area contributed by atoms with Gasteiger partial charge in [0.2, 0.25) is 5.91 Å². The molecule has 5 heteroatoms. The molecule has 1 aromatic rings. The van der Waals surface area contributed by atoms with Gasteiger partial charge in [0.1, 0.15) is 0 Å². The van der Waals surface area contributed by atoms with Gasteiger partial charge >= 0.3 is 0 Å². The van der Waals surface area contributed by atoms with Crippen molar-refractivity contribution in [2.45, 2.75) is 31.8 Å². The summed E-state index contributed by atoms with van der Waals surface area (Å²) in [6.45, 7) is 2.67. The van der Waals surface area contributed by atoms with Gasteiger partial charge in [-0.05, 0) is 43.5 Å². The Labute approximate surface area is 124 Å². The van der Waals surface area contributed by atoms with E-state index in [1.165, 1.54) is 19.3 Å². The van der Waals surface area contributed by atoms with Crippen LogP contribution < -0.4 is 10.5 Å². The molecule has 2 unspecified atom stereocenters. The molecule has 0 aromatic heterocycles. The van der Waals surface area contributed by atoms with E-state index in [0.717, 1.165) is 12.8 Å². The van der Waals surface area contributed by atoms with Crippen molar-refractivity contribution in [1.29, 1.82) is 0 Å². The van der Waals surface area contributed by atoms with Crippen molar-refractivity contribution in [3.63, 3.8) is 0 Å². The van der Waals surface area contributed by atoms with E-state index >= 15 is 0 Å². The Hall–Kier alpha value is -1.88. The molecule has 1 amide bonds. The molecule has 0 saturated carbocycles. The van der Waals surface area contributed by atoms with Gasteiger partial charge < -0.3 is 15.4 Å². The topological polar surface area (TPSA) is 55.6 Å². The molecule has 2 atom stereocenters. The number of carbonyl (C=O) groups is 1. The molecule has 0 spiro atoms. The van der Waals surface area contributed by atoms with Crippen LogP contribution in [0.4, 0.5) is 4.39 Å². The van der Waals surface area contributed by atoms with E-state index < -0.39 is 5.82 Å². The average molecular weight is 292 g/mol. The van der Waals surface area contributed by atoms with Crippen LogP contribution in [-0.2, 0) is 4.79 Å². The highest BCUT2D eigenvalue weighted by molar-refractivity contribution is 5.92. The van der Waals surface area contributed by atoms with E-state index in [1.54, 1.807) is 23.1 Å². The molecule has 4 nitrogen and oxygen atoms in total. The van der Waals surface area contributed by atoms with Crippen molar-refractivity contribution in [2.24, 2.45) is 5.73 Å². The number of ether oxygens (including phenoxy) is 1. The van der Waals surface area contributed by atoms with Crippen molar-refractivity contribution in [3.8, 4) is 5.75 Å². The molecule has 1 aliphatic rings. The second-order valence-corrected chi connectivity index (χ2v) is 5.39. The van der Waals surface area contributed by atoms with E-state index in [-0.39, 0.29) is 23.7 Å². The van der Waals surface area contributed by atoms with Crippen LogP contribution in [-0.4, -0.2) is 36.5 Å². The second kappa shape index (κ2) is 6.72. The van der Waals surface area contributed by atoms with Gasteiger partial charge in [-0.15, -0.1) is 0 Å². The number of piperidine rings is 1. The lowest BCUT2D eigenvalue weighted by Crippen LogP contribution is -2.47. The second-order valence-electron chi connectivity index (χ2n) is 5.39. The first-order chi connectivity index (χ1) is 10.0. The summed E-state index contributed by atoms with van der Waals surface area (Å²) in [6, 6.07) is 4.91. The van der Waals surface area contributed by atoms with Gasteiger partial charge in [0.25, 0.3) is 0 Å². The molecular formula is C16H21FN2O2. The van der Waals surface area contributed by atoms with Gasteiger partial charge in [-0.1, -0.05) is 6.07 Å². The Morgan fingerprint density at radius 2 is 2.29 bits per heavy atom. The normalized spacial score (nSPS) is 22.6. The van der Waals surface area contributed by atoms with Gasteiger partial charge in [-0.25, -0.2) is 4.39 Å². The maximum atomic E-state index is 13.6. The van der Waals surface area contributed by atoms with Crippen molar-refractivity contribution in [1.82, 2.24) is 4.90 Å². The van der Waals surface area contributed by atoms with E-state index in [2.05, 4.69) is 0 Å². The molecular weight excluding hydrogens is 271 g/mol. The molecule has 1 saturated heterocycles. The monoisotopic (exact) mass is 292 g/mol. The number of hydrogen-bond acceptors (Lipinski definition) is 3. The number of hydrogen-bond donors (Lipinski definition) is 1. The number of amides is 1. The number of carbonyl (C=O) groups excluding carboxylic acids is 1. The molecule has 114 valence electrons. The summed E-state index contributed by atoms with van der Waals surface area (Å²) in [7, 11) is 1.42. The number of rotatable bonds is 3.